The number of hydrogen-bond acceptors (Lipinski definition) is 7. The summed E-state index contributed by atoms with van der Waals surface area (Å²) in [7, 11) is 0. The molecule has 0 aromatic carbocycles. The van der Waals surface area contributed by atoms with E-state index in [1.54, 1.807) is 0 Å². The fraction of sp³-hybridized carbons (Fsp3) is 0.636. The molecule has 0 saturated carbocycles. The minimum atomic E-state index is -1.42. The molecule has 20 heavy (non-hydrogen) atoms. The normalized spacial score (nSPS) is 29.8. The molecule has 1 fully saturated rings. The van der Waals surface area contributed by atoms with Crippen molar-refractivity contribution >= 4 is 0 Å². The SMILES string of the molecule is O=c1[nH]c(=O)n([C@H]2O[C@@H](CO)C(O)C2O)cc1CCO. The van der Waals surface area contributed by atoms with Crippen LogP contribution in [0.5, 0.6) is 0 Å². The first-order valence-corrected chi connectivity index (χ1v) is 6.07. The second-order valence-corrected chi connectivity index (χ2v) is 4.52. The summed E-state index contributed by atoms with van der Waals surface area (Å²) in [6.45, 7) is -0.798. The van der Waals surface area contributed by atoms with E-state index < -0.39 is 42.4 Å². The molecule has 9 heteroatoms. The number of rotatable bonds is 4. The molecule has 1 aliphatic rings. The van der Waals surface area contributed by atoms with Crippen molar-refractivity contribution in [3.63, 3.8) is 0 Å². The van der Waals surface area contributed by atoms with Crippen LogP contribution in [0.15, 0.2) is 15.8 Å². The Bertz CT molecular complexity index is 581. The summed E-state index contributed by atoms with van der Waals surface area (Å²) >= 11 is 0. The molecule has 0 spiro atoms. The molecule has 1 aromatic heterocycles. The van der Waals surface area contributed by atoms with Crippen molar-refractivity contribution in [1.29, 1.82) is 0 Å². The van der Waals surface area contributed by atoms with Crippen LogP contribution in [0.2, 0.25) is 0 Å². The maximum atomic E-state index is 11.7. The van der Waals surface area contributed by atoms with E-state index in [1.807, 2.05) is 4.98 Å². The number of aromatic amines is 1. The van der Waals surface area contributed by atoms with Crippen molar-refractivity contribution in [2.75, 3.05) is 13.2 Å². The highest BCUT2D eigenvalue weighted by Crippen LogP contribution is 2.27. The first-order chi connectivity index (χ1) is 9.49. The Labute approximate surface area is 112 Å². The minimum absolute atomic E-state index is 0.0322. The second kappa shape index (κ2) is 5.85. The molecule has 2 heterocycles. The molecule has 2 unspecified atom stereocenters. The highest BCUT2D eigenvalue weighted by Gasteiger charge is 2.43. The van der Waals surface area contributed by atoms with Gasteiger partial charge in [-0.05, 0) is 0 Å². The summed E-state index contributed by atoms with van der Waals surface area (Å²) in [6, 6.07) is 0. The van der Waals surface area contributed by atoms with Crippen molar-refractivity contribution in [2.45, 2.75) is 31.0 Å². The van der Waals surface area contributed by atoms with Gasteiger partial charge in [-0.2, -0.15) is 0 Å². The number of hydrogen-bond donors (Lipinski definition) is 5. The van der Waals surface area contributed by atoms with Crippen molar-refractivity contribution in [1.82, 2.24) is 9.55 Å². The molecular weight excluding hydrogens is 272 g/mol. The van der Waals surface area contributed by atoms with Gasteiger partial charge in [0.2, 0.25) is 0 Å². The lowest BCUT2D eigenvalue weighted by Gasteiger charge is -2.17. The van der Waals surface area contributed by atoms with Crippen LogP contribution < -0.4 is 11.2 Å². The zero-order valence-corrected chi connectivity index (χ0v) is 10.5. The van der Waals surface area contributed by atoms with Crippen LogP contribution >= 0.6 is 0 Å². The van der Waals surface area contributed by atoms with Gasteiger partial charge in [-0.3, -0.25) is 14.3 Å². The number of aliphatic hydroxyl groups excluding tert-OH is 4. The lowest BCUT2D eigenvalue weighted by Crippen LogP contribution is -2.39. The number of nitrogens with zero attached hydrogens (tertiary/aromatic N) is 1. The third-order valence-electron chi connectivity index (χ3n) is 3.21. The predicted octanol–water partition coefficient (Wildman–Crippen LogP) is -3.32. The molecule has 1 saturated heterocycles. The number of nitrogens with one attached hydrogen (secondary N) is 1. The minimum Gasteiger partial charge on any atom is -0.396 e. The van der Waals surface area contributed by atoms with Crippen LogP contribution in [0.3, 0.4) is 0 Å². The van der Waals surface area contributed by atoms with E-state index in [1.165, 1.54) is 0 Å². The van der Waals surface area contributed by atoms with Crippen molar-refractivity contribution < 1.29 is 25.2 Å². The topological polar surface area (TPSA) is 145 Å². The smallest absolute Gasteiger partial charge is 0.330 e. The summed E-state index contributed by atoms with van der Waals surface area (Å²) < 4.78 is 6.13. The van der Waals surface area contributed by atoms with Crippen LogP contribution in [0.1, 0.15) is 11.8 Å². The van der Waals surface area contributed by atoms with E-state index >= 15 is 0 Å². The Morgan fingerprint density at radius 3 is 2.50 bits per heavy atom. The number of aliphatic hydroxyl groups is 4. The van der Waals surface area contributed by atoms with Crippen molar-refractivity contribution in [3.8, 4) is 0 Å². The van der Waals surface area contributed by atoms with Gasteiger partial charge in [-0.1, -0.05) is 0 Å². The maximum Gasteiger partial charge on any atom is 0.330 e. The van der Waals surface area contributed by atoms with E-state index in [-0.39, 0.29) is 18.6 Å². The number of aromatic nitrogens is 2. The van der Waals surface area contributed by atoms with Gasteiger partial charge in [0.1, 0.15) is 18.3 Å². The standard InChI is InChI=1S/C11H16N2O7/c14-2-1-5-3-13(11(19)12-9(5)18)10-8(17)7(16)6(4-15)20-10/h3,6-8,10,14-17H,1-2,4H2,(H,12,18,19)/t6-,7?,8?,10-/m0/s1. The lowest BCUT2D eigenvalue weighted by molar-refractivity contribution is -0.0551. The van der Waals surface area contributed by atoms with Crippen molar-refractivity contribution in [3.05, 3.63) is 32.6 Å². The van der Waals surface area contributed by atoms with E-state index in [9.17, 15) is 19.8 Å². The largest absolute Gasteiger partial charge is 0.396 e. The molecule has 0 bridgehead atoms. The fourth-order valence-corrected chi connectivity index (χ4v) is 2.12. The third-order valence-corrected chi connectivity index (χ3v) is 3.21. The van der Waals surface area contributed by atoms with E-state index in [4.69, 9.17) is 14.9 Å². The second-order valence-electron chi connectivity index (χ2n) is 4.52. The Balaban J connectivity index is 2.40. The summed E-state index contributed by atoms with van der Waals surface area (Å²) in [5.41, 5.74) is -1.30. The molecule has 5 N–H and O–H groups in total. The molecule has 0 radical (unpaired) electrons. The zero-order valence-electron chi connectivity index (χ0n) is 10.5. The molecule has 0 amide bonds. The molecular formula is C11H16N2O7. The van der Waals surface area contributed by atoms with Crippen LogP contribution in [0.4, 0.5) is 0 Å². The van der Waals surface area contributed by atoms with Gasteiger partial charge in [-0.25, -0.2) is 4.79 Å². The van der Waals surface area contributed by atoms with Gasteiger partial charge in [0.15, 0.2) is 6.23 Å². The number of ether oxygens (including phenoxy) is 1. The van der Waals surface area contributed by atoms with Gasteiger partial charge < -0.3 is 25.2 Å². The summed E-state index contributed by atoms with van der Waals surface area (Å²) in [6.07, 6.45) is -3.80. The van der Waals surface area contributed by atoms with Crippen LogP contribution in [0, 0.1) is 0 Å². The molecule has 9 nitrogen and oxygen atoms in total. The Morgan fingerprint density at radius 2 is 1.95 bits per heavy atom. The van der Waals surface area contributed by atoms with E-state index in [0.717, 1.165) is 10.8 Å². The highest BCUT2D eigenvalue weighted by molar-refractivity contribution is 5.06. The predicted molar refractivity (Wildman–Crippen MR) is 65.1 cm³/mol. The van der Waals surface area contributed by atoms with Gasteiger partial charge in [-0.15, -0.1) is 0 Å². The molecule has 112 valence electrons. The van der Waals surface area contributed by atoms with Gasteiger partial charge >= 0.3 is 5.69 Å². The summed E-state index contributed by atoms with van der Waals surface area (Å²) in [4.78, 5) is 25.3. The van der Waals surface area contributed by atoms with Crippen LogP contribution in [0.25, 0.3) is 0 Å². The Kier molecular flexibility index (Phi) is 4.35. The monoisotopic (exact) mass is 288 g/mol. The van der Waals surface area contributed by atoms with Crippen LogP contribution in [-0.2, 0) is 11.2 Å². The first-order valence-electron chi connectivity index (χ1n) is 6.07. The fourth-order valence-electron chi connectivity index (χ4n) is 2.12. The van der Waals surface area contributed by atoms with E-state index in [0.29, 0.717) is 0 Å². The van der Waals surface area contributed by atoms with Gasteiger partial charge in [0.25, 0.3) is 5.56 Å². The highest BCUT2D eigenvalue weighted by atomic mass is 16.6. The summed E-state index contributed by atoms with van der Waals surface area (Å²) in [5, 5.41) is 37.3. The zero-order chi connectivity index (χ0) is 14.9. The molecule has 1 aromatic rings. The molecule has 0 aliphatic carbocycles. The lowest BCUT2D eigenvalue weighted by atomic mass is 10.1. The molecule has 4 atom stereocenters. The van der Waals surface area contributed by atoms with Gasteiger partial charge in [0, 0.05) is 24.8 Å². The average molecular weight is 288 g/mol. The molecule has 1 aliphatic heterocycles. The van der Waals surface area contributed by atoms with Crippen LogP contribution in [-0.4, -0.2) is 61.5 Å². The third kappa shape index (κ3) is 2.53. The number of H-pyrrole nitrogens is 1. The summed E-state index contributed by atoms with van der Waals surface area (Å²) in [5.74, 6) is 0. The van der Waals surface area contributed by atoms with E-state index in [2.05, 4.69) is 0 Å². The average Bonchev–Trinajstić information content (AvgIpc) is 2.70. The Morgan fingerprint density at radius 1 is 1.25 bits per heavy atom. The molecule has 2 rings (SSSR count). The first kappa shape index (κ1) is 14.9. The quantitative estimate of drug-likeness (QED) is 0.390. The maximum absolute atomic E-state index is 11.7. The van der Waals surface area contributed by atoms with Gasteiger partial charge in [0.05, 0.1) is 6.61 Å². The Hall–Kier alpha value is -1.52. The van der Waals surface area contributed by atoms with Crippen molar-refractivity contribution in [2.24, 2.45) is 0 Å².